The van der Waals surface area contributed by atoms with Crippen LogP contribution in [0.15, 0.2) is 16.7 Å². The Labute approximate surface area is 111 Å². The van der Waals surface area contributed by atoms with E-state index in [9.17, 15) is 0 Å². The minimum atomic E-state index is 0.584. The number of thiophene rings is 1. The Kier molecular flexibility index (Phi) is 3.48. The zero-order valence-electron chi connectivity index (χ0n) is 10.4. The molecule has 2 aromatic heterocycles. The van der Waals surface area contributed by atoms with Gasteiger partial charge in [-0.15, -0.1) is 11.3 Å². The molecular formula is C14H18N2OS. The van der Waals surface area contributed by atoms with Crippen LogP contribution in [-0.4, -0.2) is 11.5 Å². The van der Waals surface area contributed by atoms with Crippen molar-refractivity contribution in [2.45, 2.75) is 38.5 Å². The molecule has 0 saturated carbocycles. The van der Waals surface area contributed by atoms with Crippen molar-refractivity contribution in [3.05, 3.63) is 28.6 Å². The monoisotopic (exact) mass is 262 g/mol. The van der Waals surface area contributed by atoms with Gasteiger partial charge in [0.2, 0.25) is 0 Å². The first kappa shape index (κ1) is 11.9. The van der Waals surface area contributed by atoms with E-state index in [4.69, 9.17) is 10.2 Å². The third-order valence-electron chi connectivity index (χ3n) is 3.40. The van der Waals surface area contributed by atoms with Gasteiger partial charge in [-0.3, -0.25) is 0 Å². The highest BCUT2D eigenvalue weighted by molar-refractivity contribution is 7.15. The van der Waals surface area contributed by atoms with E-state index in [1.807, 2.05) is 17.5 Å². The van der Waals surface area contributed by atoms with E-state index in [0.717, 1.165) is 11.7 Å². The second-order valence-corrected chi connectivity index (χ2v) is 5.91. The highest BCUT2D eigenvalue weighted by Crippen LogP contribution is 2.35. The second kappa shape index (κ2) is 5.24. The Morgan fingerprint density at radius 1 is 1.28 bits per heavy atom. The topological polar surface area (TPSA) is 52.0 Å². The lowest BCUT2D eigenvalue weighted by molar-refractivity contribution is 0.509. The molecule has 2 aromatic rings. The zero-order valence-corrected chi connectivity index (χ0v) is 11.3. The first-order chi connectivity index (χ1) is 8.86. The molecule has 2 heterocycles. The Bertz CT molecular complexity index is 506. The third kappa shape index (κ3) is 2.35. The van der Waals surface area contributed by atoms with Gasteiger partial charge < -0.3 is 10.2 Å². The van der Waals surface area contributed by atoms with Crippen molar-refractivity contribution in [1.82, 2.24) is 4.98 Å². The molecule has 18 heavy (non-hydrogen) atoms. The van der Waals surface area contributed by atoms with Gasteiger partial charge in [-0.25, -0.2) is 4.98 Å². The van der Waals surface area contributed by atoms with Gasteiger partial charge >= 0.3 is 0 Å². The zero-order chi connectivity index (χ0) is 12.4. The first-order valence-corrected chi connectivity index (χ1v) is 7.45. The van der Waals surface area contributed by atoms with Gasteiger partial charge in [0.15, 0.2) is 11.7 Å². The molecule has 0 aromatic carbocycles. The van der Waals surface area contributed by atoms with Gasteiger partial charge in [0.25, 0.3) is 0 Å². The lowest BCUT2D eigenvalue weighted by Gasteiger charge is -1.92. The van der Waals surface area contributed by atoms with Gasteiger partial charge in [0.1, 0.15) is 0 Å². The van der Waals surface area contributed by atoms with Gasteiger partial charge in [0, 0.05) is 17.8 Å². The number of nitrogens with two attached hydrogens (primary N) is 1. The number of hydrogen-bond acceptors (Lipinski definition) is 4. The smallest absolute Gasteiger partial charge is 0.196 e. The van der Waals surface area contributed by atoms with Gasteiger partial charge in [0.05, 0.1) is 11.1 Å². The summed E-state index contributed by atoms with van der Waals surface area (Å²) < 4.78 is 5.74. The minimum Gasteiger partial charge on any atom is -0.440 e. The molecule has 0 unspecified atom stereocenters. The predicted molar refractivity (Wildman–Crippen MR) is 73.8 cm³/mol. The highest BCUT2D eigenvalue weighted by atomic mass is 32.1. The molecule has 0 aliphatic heterocycles. The Morgan fingerprint density at radius 3 is 3.06 bits per heavy atom. The SMILES string of the molecule is NCCc1ncc(-c2cc3c(s2)CCCCC3)o1. The van der Waals surface area contributed by atoms with E-state index in [1.165, 1.54) is 42.5 Å². The van der Waals surface area contributed by atoms with E-state index in [-0.39, 0.29) is 0 Å². The number of oxazole rings is 1. The molecule has 4 heteroatoms. The molecule has 0 radical (unpaired) electrons. The van der Waals surface area contributed by atoms with Crippen LogP contribution in [-0.2, 0) is 19.3 Å². The lowest BCUT2D eigenvalue weighted by atomic mass is 10.1. The average molecular weight is 262 g/mol. The molecule has 0 spiro atoms. The molecular weight excluding hydrogens is 244 g/mol. The maximum atomic E-state index is 5.74. The normalized spacial score (nSPS) is 15.4. The lowest BCUT2D eigenvalue weighted by Crippen LogP contribution is -2.02. The number of aromatic nitrogens is 1. The molecule has 2 N–H and O–H groups in total. The largest absolute Gasteiger partial charge is 0.440 e. The maximum Gasteiger partial charge on any atom is 0.196 e. The molecule has 96 valence electrons. The third-order valence-corrected chi connectivity index (χ3v) is 4.65. The standard InChI is InChI=1S/C14H18N2OS/c15-7-6-14-16-9-11(17-14)13-8-10-4-2-1-3-5-12(10)18-13/h8-9H,1-7,15H2. The molecule has 1 aliphatic carbocycles. The molecule has 3 nitrogen and oxygen atoms in total. The van der Waals surface area contributed by atoms with Crippen molar-refractivity contribution in [1.29, 1.82) is 0 Å². The van der Waals surface area contributed by atoms with Crippen LogP contribution in [0.4, 0.5) is 0 Å². The Hall–Kier alpha value is -1.13. The van der Waals surface area contributed by atoms with Gasteiger partial charge in [-0.2, -0.15) is 0 Å². The van der Waals surface area contributed by atoms with E-state index in [1.54, 1.807) is 4.88 Å². The van der Waals surface area contributed by atoms with Crippen molar-refractivity contribution in [3.63, 3.8) is 0 Å². The molecule has 0 atom stereocenters. The van der Waals surface area contributed by atoms with Crippen LogP contribution in [0.5, 0.6) is 0 Å². The molecule has 3 rings (SSSR count). The van der Waals surface area contributed by atoms with Crippen LogP contribution in [0.2, 0.25) is 0 Å². The summed E-state index contributed by atoms with van der Waals surface area (Å²) >= 11 is 1.87. The number of aryl methyl sites for hydroxylation is 2. The molecule has 0 bridgehead atoms. The molecule has 0 fully saturated rings. The summed E-state index contributed by atoms with van der Waals surface area (Å²) in [6.45, 7) is 0.584. The van der Waals surface area contributed by atoms with Crippen LogP contribution in [0.1, 0.15) is 35.6 Å². The fourth-order valence-corrected chi connectivity index (χ4v) is 3.65. The van der Waals surface area contributed by atoms with Crippen molar-refractivity contribution >= 4 is 11.3 Å². The number of hydrogen-bond donors (Lipinski definition) is 1. The van der Waals surface area contributed by atoms with Gasteiger partial charge in [-0.05, 0) is 37.3 Å². The predicted octanol–water partition coefficient (Wildman–Crippen LogP) is 3.17. The fourth-order valence-electron chi connectivity index (χ4n) is 2.45. The summed E-state index contributed by atoms with van der Waals surface area (Å²) in [5.41, 5.74) is 7.03. The average Bonchev–Trinajstić information content (AvgIpc) is 2.93. The van der Waals surface area contributed by atoms with Crippen molar-refractivity contribution in [2.75, 3.05) is 6.54 Å². The second-order valence-electron chi connectivity index (χ2n) is 4.78. The first-order valence-electron chi connectivity index (χ1n) is 6.63. The number of rotatable bonds is 3. The number of nitrogens with zero attached hydrogens (tertiary/aromatic N) is 1. The van der Waals surface area contributed by atoms with Crippen LogP contribution in [0, 0.1) is 0 Å². The fraction of sp³-hybridized carbons (Fsp3) is 0.500. The van der Waals surface area contributed by atoms with Crippen LogP contribution >= 0.6 is 11.3 Å². The maximum absolute atomic E-state index is 5.74. The van der Waals surface area contributed by atoms with E-state index in [2.05, 4.69) is 11.1 Å². The Morgan fingerprint density at radius 2 is 2.17 bits per heavy atom. The summed E-state index contributed by atoms with van der Waals surface area (Å²) in [7, 11) is 0. The van der Waals surface area contributed by atoms with Crippen molar-refractivity contribution in [2.24, 2.45) is 5.73 Å². The van der Waals surface area contributed by atoms with Crippen molar-refractivity contribution < 1.29 is 4.42 Å². The molecule has 0 amide bonds. The summed E-state index contributed by atoms with van der Waals surface area (Å²) in [4.78, 5) is 7.03. The van der Waals surface area contributed by atoms with E-state index >= 15 is 0 Å². The summed E-state index contributed by atoms with van der Waals surface area (Å²) in [6.07, 6.45) is 8.99. The summed E-state index contributed by atoms with van der Waals surface area (Å²) in [5.74, 6) is 1.65. The van der Waals surface area contributed by atoms with Crippen molar-refractivity contribution in [3.8, 4) is 10.6 Å². The summed E-state index contributed by atoms with van der Waals surface area (Å²) in [5, 5.41) is 0. The molecule has 0 saturated heterocycles. The van der Waals surface area contributed by atoms with Crippen LogP contribution in [0.25, 0.3) is 10.6 Å². The van der Waals surface area contributed by atoms with Crippen LogP contribution < -0.4 is 5.73 Å². The minimum absolute atomic E-state index is 0.584. The van der Waals surface area contributed by atoms with E-state index in [0.29, 0.717) is 13.0 Å². The van der Waals surface area contributed by atoms with E-state index < -0.39 is 0 Å². The highest BCUT2D eigenvalue weighted by Gasteiger charge is 2.15. The quantitative estimate of drug-likeness (QED) is 0.864. The van der Waals surface area contributed by atoms with Crippen LogP contribution in [0.3, 0.4) is 0 Å². The molecule has 1 aliphatic rings. The van der Waals surface area contributed by atoms with Gasteiger partial charge in [-0.1, -0.05) is 6.42 Å². The summed E-state index contributed by atoms with van der Waals surface area (Å²) in [6, 6.07) is 2.29. The number of fused-ring (bicyclic) bond motifs is 1. The Balaban J connectivity index is 1.87.